The van der Waals surface area contributed by atoms with Crippen LogP contribution < -0.4 is 0 Å². The summed E-state index contributed by atoms with van der Waals surface area (Å²) in [6, 6.07) is 16.4. The summed E-state index contributed by atoms with van der Waals surface area (Å²) >= 11 is 0. The van der Waals surface area contributed by atoms with Gasteiger partial charge in [0, 0.05) is 24.2 Å². The second kappa shape index (κ2) is 13.2. The van der Waals surface area contributed by atoms with Gasteiger partial charge in [-0.2, -0.15) is 4.98 Å². The van der Waals surface area contributed by atoms with Crippen molar-refractivity contribution in [1.82, 2.24) is 15.0 Å². The average Bonchev–Trinajstić information content (AvgIpc) is 3.52. The van der Waals surface area contributed by atoms with Crippen LogP contribution in [0.25, 0.3) is 22.8 Å². The van der Waals surface area contributed by atoms with E-state index in [1.807, 2.05) is 64.1 Å². The van der Waals surface area contributed by atoms with Gasteiger partial charge in [-0.05, 0) is 48.1 Å². The summed E-state index contributed by atoms with van der Waals surface area (Å²) in [6.45, 7) is 16.9. The Bertz CT molecular complexity index is 1030. The normalized spacial score (nSPS) is 15.6. The number of nitrogens with zero attached hydrogens (tertiary/aromatic N) is 3. The largest absolute Gasteiger partial charge is 0.481 e. The van der Waals surface area contributed by atoms with Crippen molar-refractivity contribution in [2.24, 2.45) is 11.3 Å². The molecule has 0 aliphatic carbocycles. The number of carboxylic acids is 1. The highest BCUT2D eigenvalue weighted by Crippen LogP contribution is 2.26. The van der Waals surface area contributed by atoms with E-state index in [2.05, 4.69) is 47.9 Å². The van der Waals surface area contributed by atoms with Crippen molar-refractivity contribution < 1.29 is 14.4 Å². The molecule has 2 aromatic carbocycles. The summed E-state index contributed by atoms with van der Waals surface area (Å²) < 4.78 is 5.49. The van der Waals surface area contributed by atoms with Crippen molar-refractivity contribution in [2.75, 3.05) is 13.1 Å². The minimum atomic E-state index is -0.699. The van der Waals surface area contributed by atoms with Crippen LogP contribution >= 0.6 is 0 Å². The maximum absolute atomic E-state index is 11.1. The van der Waals surface area contributed by atoms with Gasteiger partial charge < -0.3 is 9.63 Å². The number of carboxylic acid groups (broad SMARTS) is 1. The Kier molecular flexibility index (Phi) is 10.6. The Hall–Kier alpha value is -2.99. The molecular formula is C29H41N3O3. The van der Waals surface area contributed by atoms with Gasteiger partial charge in [-0.15, -0.1) is 0 Å². The molecule has 3 aromatic rings. The summed E-state index contributed by atoms with van der Waals surface area (Å²) in [4.78, 5) is 17.9. The lowest BCUT2D eigenvalue weighted by atomic mass is 9.88. The highest BCUT2D eigenvalue weighted by molar-refractivity contribution is 5.70. The second-order valence-electron chi connectivity index (χ2n) is 9.61. The van der Waals surface area contributed by atoms with E-state index in [1.165, 1.54) is 5.56 Å². The third kappa shape index (κ3) is 8.32. The van der Waals surface area contributed by atoms with Crippen molar-refractivity contribution in [3.05, 3.63) is 59.7 Å². The molecule has 1 fully saturated rings. The molecular weight excluding hydrogens is 438 g/mol. The molecule has 0 saturated carbocycles. The monoisotopic (exact) mass is 479 g/mol. The van der Waals surface area contributed by atoms with E-state index in [0.717, 1.165) is 42.6 Å². The van der Waals surface area contributed by atoms with E-state index in [9.17, 15) is 4.79 Å². The second-order valence-corrected chi connectivity index (χ2v) is 9.61. The van der Waals surface area contributed by atoms with Gasteiger partial charge in [-0.3, -0.25) is 9.69 Å². The van der Waals surface area contributed by atoms with Crippen molar-refractivity contribution >= 4 is 5.97 Å². The first-order valence-electron chi connectivity index (χ1n) is 12.7. The standard InChI is InChI=1S/C25H29N3O3.2C2H6/c1-25(2,3)14-17-4-10-20(11-5-17)23-26-22(27-31-23)19-8-6-18(7-9-19)15-28-13-12-21(16-28)24(29)30;2*1-2/h4-11,21H,12-16H2,1-3H3,(H,29,30);2*1-2H3/t21-;;/m1../s1. The fourth-order valence-electron chi connectivity index (χ4n) is 4.03. The van der Waals surface area contributed by atoms with Crippen molar-refractivity contribution in [3.8, 4) is 22.8 Å². The van der Waals surface area contributed by atoms with Gasteiger partial charge in [-0.1, -0.05) is 90.0 Å². The number of hydrogen-bond acceptors (Lipinski definition) is 5. The van der Waals surface area contributed by atoms with Gasteiger partial charge in [-0.25, -0.2) is 0 Å². The van der Waals surface area contributed by atoms with Crippen LogP contribution in [0, 0.1) is 11.3 Å². The molecule has 35 heavy (non-hydrogen) atoms. The SMILES string of the molecule is CC.CC.CC(C)(C)Cc1ccc(-c2nc(-c3ccc(CN4CC[C@@H](C(=O)O)C4)cc3)no2)cc1. The Morgan fingerprint density at radius 1 is 0.971 bits per heavy atom. The van der Waals surface area contributed by atoms with E-state index < -0.39 is 5.97 Å². The molecule has 0 radical (unpaired) electrons. The van der Waals surface area contributed by atoms with Gasteiger partial charge >= 0.3 is 5.97 Å². The molecule has 0 bridgehead atoms. The number of carbonyl (C=O) groups is 1. The van der Waals surface area contributed by atoms with Crippen molar-refractivity contribution in [3.63, 3.8) is 0 Å². The number of benzene rings is 2. The Labute approximate surface area is 210 Å². The van der Waals surface area contributed by atoms with Crippen LogP contribution in [0.3, 0.4) is 0 Å². The van der Waals surface area contributed by atoms with E-state index in [4.69, 9.17) is 9.63 Å². The van der Waals surface area contributed by atoms with E-state index in [-0.39, 0.29) is 11.3 Å². The molecule has 0 amide bonds. The van der Waals surface area contributed by atoms with Crippen LogP contribution in [0.2, 0.25) is 0 Å². The summed E-state index contributed by atoms with van der Waals surface area (Å²) in [5.74, 6) is 0.125. The molecule has 6 nitrogen and oxygen atoms in total. The molecule has 190 valence electrons. The molecule has 4 rings (SSSR count). The van der Waals surface area contributed by atoms with Gasteiger partial charge in [0.15, 0.2) is 0 Å². The van der Waals surface area contributed by atoms with Crippen LogP contribution in [0.4, 0.5) is 0 Å². The van der Waals surface area contributed by atoms with Crippen molar-refractivity contribution in [1.29, 1.82) is 0 Å². The number of rotatable bonds is 6. The fourth-order valence-corrected chi connectivity index (χ4v) is 4.03. The van der Waals surface area contributed by atoms with E-state index >= 15 is 0 Å². The highest BCUT2D eigenvalue weighted by Gasteiger charge is 2.27. The van der Waals surface area contributed by atoms with Crippen molar-refractivity contribution in [2.45, 2.75) is 67.9 Å². The first-order valence-corrected chi connectivity index (χ1v) is 12.7. The summed E-state index contributed by atoms with van der Waals surface area (Å²) in [5, 5.41) is 13.3. The average molecular weight is 480 g/mol. The van der Waals surface area contributed by atoms with Crippen LogP contribution in [0.15, 0.2) is 53.1 Å². The van der Waals surface area contributed by atoms with Gasteiger partial charge in [0.2, 0.25) is 5.82 Å². The minimum absolute atomic E-state index is 0.248. The van der Waals surface area contributed by atoms with Crippen LogP contribution in [-0.2, 0) is 17.8 Å². The molecule has 1 atom stereocenters. The highest BCUT2D eigenvalue weighted by atomic mass is 16.5. The Balaban J connectivity index is 0.00000103. The van der Waals surface area contributed by atoms with Gasteiger partial charge in [0.25, 0.3) is 5.89 Å². The van der Waals surface area contributed by atoms with Crippen LogP contribution in [0.1, 0.15) is 66.0 Å². The molecule has 1 aliphatic rings. The van der Waals surface area contributed by atoms with Crippen LogP contribution in [-0.4, -0.2) is 39.2 Å². The third-order valence-corrected chi connectivity index (χ3v) is 5.60. The predicted octanol–water partition coefficient (Wildman–Crippen LogP) is 6.95. The first kappa shape index (κ1) is 28.2. The molecule has 1 saturated heterocycles. The van der Waals surface area contributed by atoms with Crippen LogP contribution in [0.5, 0.6) is 0 Å². The third-order valence-electron chi connectivity index (χ3n) is 5.60. The zero-order valence-electron chi connectivity index (χ0n) is 22.3. The van der Waals surface area contributed by atoms with E-state index in [0.29, 0.717) is 18.3 Å². The topological polar surface area (TPSA) is 79.5 Å². The van der Waals surface area contributed by atoms with Gasteiger partial charge in [0.1, 0.15) is 0 Å². The summed E-state index contributed by atoms with van der Waals surface area (Å²) in [5.41, 5.74) is 4.49. The summed E-state index contributed by atoms with van der Waals surface area (Å²) in [7, 11) is 0. The summed E-state index contributed by atoms with van der Waals surface area (Å²) in [6.07, 6.45) is 1.74. The Morgan fingerprint density at radius 3 is 2.09 bits per heavy atom. The number of hydrogen-bond donors (Lipinski definition) is 1. The molecule has 0 spiro atoms. The minimum Gasteiger partial charge on any atom is -0.481 e. The molecule has 6 heteroatoms. The number of likely N-dealkylation sites (tertiary alicyclic amines) is 1. The fraction of sp³-hybridized carbons (Fsp3) is 0.483. The zero-order valence-corrected chi connectivity index (χ0v) is 22.3. The smallest absolute Gasteiger partial charge is 0.307 e. The van der Waals surface area contributed by atoms with Gasteiger partial charge in [0.05, 0.1) is 5.92 Å². The molecule has 0 unspecified atom stereocenters. The number of aromatic nitrogens is 2. The molecule has 1 aliphatic heterocycles. The maximum atomic E-state index is 11.1. The lowest BCUT2D eigenvalue weighted by molar-refractivity contribution is -0.141. The zero-order chi connectivity index (χ0) is 26.0. The predicted molar refractivity (Wildman–Crippen MR) is 142 cm³/mol. The lowest BCUT2D eigenvalue weighted by Crippen LogP contribution is -2.22. The first-order chi connectivity index (χ1) is 16.8. The number of aliphatic carboxylic acids is 1. The maximum Gasteiger partial charge on any atom is 0.307 e. The molecule has 2 heterocycles. The van der Waals surface area contributed by atoms with E-state index in [1.54, 1.807) is 0 Å². The lowest BCUT2D eigenvalue weighted by Gasteiger charge is -2.17. The Morgan fingerprint density at radius 2 is 1.54 bits per heavy atom. The quantitative estimate of drug-likeness (QED) is 0.412. The molecule has 1 N–H and O–H groups in total. The molecule has 1 aromatic heterocycles.